The summed E-state index contributed by atoms with van der Waals surface area (Å²) in [6.07, 6.45) is 1.57. The van der Waals surface area contributed by atoms with Gasteiger partial charge in [-0.05, 0) is 48.0 Å². The highest BCUT2D eigenvalue weighted by molar-refractivity contribution is 6.37. The SMILES string of the molecule is O=C1OC(c2ccc(Cl)cc2Cl)=N/C1=C\c1ccccc1OCc1cccc(F)c1. The van der Waals surface area contributed by atoms with Gasteiger partial charge in [0.2, 0.25) is 5.90 Å². The molecule has 1 aliphatic rings. The maximum Gasteiger partial charge on any atom is 0.363 e. The van der Waals surface area contributed by atoms with E-state index in [4.69, 9.17) is 32.7 Å². The Balaban J connectivity index is 1.60. The summed E-state index contributed by atoms with van der Waals surface area (Å²) >= 11 is 12.1. The molecule has 7 heteroatoms. The Morgan fingerprint density at radius 1 is 1.03 bits per heavy atom. The molecule has 0 N–H and O–H groups in total. The number of cyclic esters (lactones) is 1. The van der Waals surface area contributed by atoms with Crippen LogP contribution < -0.4 is 4.74 Å². The van der Waals surface area contributed by atoms with E-state index in [2.05, 4.69) is 4.99 Å². The first-order valence-electron chi connectivity index (χ1n) is 8.94. The molecular formula is C23H14Cl2FNO3. The quantitative estimate of drug-likeness (QED) is 0.357. The average Bonchev–Trinajstić information content (AvgIpc) is 3.07. The Morgan fingerprint density at radius 2 is 1.87 bits per heavy atom. The molecule has 3 aromatic carbocycles. The molecule has 0 saturated heterocycles. The number of aliphatic imine (C=N–C) groups is 1. The second-order valence-electron chi connectivity index (χ2n) is 6.42. The maximum absolute atomic E-state index is 13.4. The van der Waals surface area contributed by atoms with Crippen LogP contribution in [0.5, 0.6) is 5.75 Å². The van der Waals surface area contributed by atoms with Crippen molar-refractivity contribution in [1.29, 1.82) is 0 Å². The van der Waals surface area contributed by atoms with Crippen molar-refractivity contribution in [3.63, 3.8) is 0 Å². The van der Waals surface area contributed by atoms with Gasteiger partial charge in [-0.1, -0.05) is 53.5 Å². The first kappa shape index (κ1) is 20.1. The summed E-state index contributed by atoms with van der Waals surface area (Å²) in [4.78, 5) is 16.6. The molecule has 30 heavy (non-hydrogen) atoms. The Kier molecular flexibility index (Phi) is 5.84. The van der Waals surface area contributed by atoms with Gasteiger partial charge >= 0.3 is 5.97 Å². The minimum atomic E-state index is -0.601. The van der Waals surface area contributed by atoms with Crippen LogP contribution in [0.2, 0.25) is 10.0 Å². The Morgan fingerprint density at radius 3 is 2.67 bits per heavy atom. The summed E-state index contributed by atoms with van der Waals surface area (Å²) in [6.45, 7) is 0.178. The van der Waals surface area contributed by atoms with Gasteiger partial charge in [-0.2, -0.15) is 0 Å². The number of esters is 1. The summed E-state index contributed by atoms with van der Waals surface area (Å²) in [5.41, 5.74) is 1.90. The Labute approximate surface area is 182 Å². The molecule has 0 atom stereocenters. The standard InChI is InChI=1S/C23H14Cl2FNO3/c24-16-8-9-18(19(25)12-16)22-27-20(23(28)30-22)11-15-5-1-2-7-21(15)29-13-14-4-3-6-17(26)10-14/h1-12H,13H2/b20-11-. The van der Waals surface area contributed by atoms with Crippen molar-refractivity contribution in [2.45, 2.75) is 6.61 Å². The van der Waals surface area contributed by atoms with Gasteiger partial charge in [0, 0.05) is 10.6 Å². The van der Waals surface area contributed by atoms with Crippen LogP contribution in [-0.2, 0) is 16.1 Å². The number of hydrogen-bond donors (Lipinski definition) is 0. The van der Waals surface area contributed by atoms with E-state index in [1.807, 2.05) is 6.07 Å². The van der Waals surface area contributed by atoms with E-state index in [1.165, 1.54) is 12.1 Å². The molecular weight excluding hydrogens is 428 g/mol. The summed E-state index contributed by atoms with van der Waals surface area (Å²) in [5, 5.41) is 0.794. The molecule has 0 fully saturated rings. The van der Waals surface area contributed by atoms with Crippen LogP contribution in [0.1, 0.15) is 16.7 Å². The van der Waals surface area contributed by atoms with E-state index in [0.717, 1.165) is 0 Å². The molecule has 0 spiro atoms. The smallest absolute Gasteiger partial charge is 0.363 e. The number of carbonyl (C=O) groups excluding carboxylic acids is 1. The zero-order valence-corrected chi connectivity index (χ0v) is 17.0. The van der Waals surface area contributed by atoms with Gasteiger partial charge in [0.05, 0.1) is 10.6 Å². The minimum Gasteiger partial charge on any atom is -0.488 e. The average molecular weight is 442 g/mol. The normalized spacial score (nSPS) is 14.6. The third-order valence-corrected chi connectivity index (χ3v) is 4.82. The van der Waals surface area contributed by atoms with Gasteiger partial charge in [-0.3, -0.25) is 0 Å². The summed E-state index contributed by atoms with van der Waals surface area (Å²) in [5.74, 6) is -0.305. The van der Waals surface area contributed by atoms with Crippen LogP contribution in [0, 0.1) is 5.82 Å². The number of rotatable bonds is 5. The predicted molar refractivity (Wildman–Crippen MR) is 114 cm³/mol. The van der Waals surface area contributed by atoms with Crippen molar-refractivity contribution >= 4 is 41.1 Å². The van der Waals surface area contributed by atoms with Crippen molar-refractivity contribution in [3.8, 4) is 5.75 Å². The lowest BCUT2D eigenvalue weighted by molar-refractivity contribution is -0.129. The summed E-state index contributed by atoms with van der Waals surface area (Å²) < 4.78 is 24.5. The van der Waals surface area contributed by atoms with Crippen LogP contribution in [0.15, 0.2) is 77.4 Å². The zero-order valence-electron chi connectivity index (χ0n) is 15.4. The van der Waals surface area contributed by atoms with Crippen LogP contribution in [0.4, 0.5) is 4.39 Å². The first-order valence-corrected chi connectivity index (χ1v) is 9.69. The highest BCUT2D eigenvalue weighted by Gasteiger charge is 2.26. The van der Waals surface area contributed by atoms with Crippen molar-refractivity contribution < 1.29 is 18.7 Å². The zero-order chi connectivity index (χ0) is 21.1. The largest absolute Gasteiger partial charge is 0.488 e. The lowest BCUT2D eigenvalue weighted by Crippen LogP contribution is -2.06. The second kappa shape index (κ2) is 8.69. The van der Waals surface area contributed by atoms with E-state index in [-0.39, 0.29) is 24.0 Å². The van der Waals surface area contributed by atoms with E-state index in [1.54, 1.807) is 54.6 Å². The lowest BCUT2D eigenvalue weighted by atomic mass is 10.1. The summed E-state index contributed by atoms with van der Waals surface area (Å²) in [7, 11) is 0. The second-order valence-corrected chi connectivity index (χ2v) is 7.26. The number of para-hydroxylation sites is 1. The van der Waals surface area contributed by atoms with Gasteiger partial charge in [0.1, 0.15) is 18.2 Å². The Bertz CT molecular complexity index is 1190. The number of hydrogen-bond acceptors (Lipinski definition) is 4. The Hall–Kier alpha value is -3.15. The van der Waals surface area contributed by atoms with Gasteiger partial charge in [-0.25, -0.2) is 14.2 Å². The lowest BCUT2D eigenvalue weighted by Gasteiger charge is -2.09. The number of ether oxygens (including phenoxy) is 2. The molecule has 0 aromatic heterocycles. The molecule has 0 aliphatic carbocycles. The monoisotopic (exact) mass is 441 g/mol. The number of carbonyl (C=O) groups is 1. The van der Waals surface area contributed by atoms with Crippen LogP contribution >= 0.6 is 23.2 Å². The van der Waals surface area contributed by atoms with Crippen LogP contribution in [0.3, 0.4) is 0 Å². The fourth-order valence-corrected chi connectivity index (χ4v) is 3.34. The molecule has 0 amide bonds. The van der Waals surface area contributed by atoms with Crippen LogP contribution in [-0.4, -0.2) is 11.9 Å². The van der Waals surface area contributed by atoms with Crippen molar-refractivity contribution in [2.75, 3.05) is 0 Å². The third kappa shape index (κ3) is 4.53. The summed E-state index contributed by atoms with van der Waals surface area (Å²) in [6, 6.07) is 18.1. The molecule has 0 saturated carbocycles. The number of halogens is 3. The van der Waals surface area contributed by atoms with Crippen LogP contribution in [0.25, 0.3) is 6.08 Å². The maximum atomic E-state index is 13.4. The van der Waals surface area contributed by atoms with Crippen molar-refractivity contribution in [3.05, 3.63) is 105 Å². The number of benzene rings is 3. The van der Waals surface area contributed by atoms with Crippen molar-refractivity contribution in [2.24, 2.45) is 4.99 Å². The van der Waals surface area contributed by atoms with Gasteiger partial charge in [0.15, 0.2) is 5.70 Å². The highest BCUT2D eigenvalue weighted by Crippen LogP contribution is 2.28. The van der Waals surface area contributed by atoms with E-state index >= 15 is 0 Å². The molecule has 4 rings (SSSR count). The molecule has 150 valence electrons. The molecule has 1 heterocycles. The minimum absolute atomic E-state index is 0.103. The fourth-order valence-electron chi connectivity index (χ4n) is 2.85. The van der Waals surface area contributed by atoms with Gasteiger partial charge in [0.25, 0.3) is 0 Å². The molecule has 0 unspecified atom stereocenters. The fraction of sp³-hybridized carbons (Fsp3) is 0.0435. The van der Waals surface area contributed by atoms with E-state index in [9.17, 15) is 9.18 Å². The predicted octanol–water partition coefficient (Wildman–Crippen LogP) is 6.06. The molecule has 0 radical (unpaired) electrons. The topological polar surface area (TPSA) is 47.9 Å². The highest BCUT2D eigenvalue weighted by atomic mass is 35.5. The molecule has 3 aromatic rings. The first-order chi connectivity index (χ1) is 14.5. The van der Waals surface area contributed by atoms with Crippen molar-refractivity contribution in [1.82, 2.24) is 0 Å². The van der Waals surface area contributed by atoms with E-state index in [0.29, 0.717) is 32.5 Å². The molecule has 0 bridgehead atoms. The van der Waals surface area contributed by atoms with Gasteiger partial charge in [-0.15, -0.1) is 0 Å². The number of nitrogens with zero attached hydrogens (tertiary/aromatic N) is 1. The van der Waals surface area contributed by atoms with Gasteiger partial charge < -0.3 is 9.47 Å². The molecule has 4 nitrogen and oxygen atoms in total. The third-order valence-electron chi connectivity index (χ3n) is 4.28. The van der Waals surface area contributed by atoms with E-state index < -0.39 is 5.97 Å². The molecule has 1 aliphatic heterocycles.